The number of carboxylic acids is 2. The van der Waals surface area contributed by atoms with E-state index < -0.39 is 17.9 Å². The van der Waals surface area contributed by atoms with Gasteiger partial charge in [0.15, 0.2) is 5.92 Å². The van der Waals surface area contributed by atoms with Gasteiger partial charge < -0.3 is 15.3 Å². The van der Waals surface area contributed by atoms with Crippen LogP contribution < -0.4 is 0 Å². The van der Waals surface area contributed by atoms with Gasteiger partial charge in [0.1, 0.15) is 5.75 Å². The molecule has 0 bridgehead atoms. The second-order valence-corrected chi connectivity index (χ2v) is 7.83. The normalized spacial score (nSPS) is 19.6. The molecule has 0 saturated heterocycles. The van der Waals surface area contributed by atoms with E-state index in [0.29, 0.717) is 5.56 Å². The van der Waals surface area contributed by atoms with Gasteiger partial charge in [-0.25, -0.2) is 0 Å². The fraction of sp³-hybridized carbons (Fsp3) is 0.619. The maximum atomic E-state index is 11.6. The maximum Gasteiger partial charge on any atom is 0.322 e. The van der Waals surface area contributed by atoms with Gasteiger partial charge in [0.05, 0.1) is 0 Å². The van der Waals surface area contributed by atoms with Gasteiger partial charge in [-0.05, 0) is 54.2 Å². The minimum absolute atomic E-state index is 0.189. The summed E-state index contributed by atoms with van der Waals surface area (Å²) in [5.74, 6) is -3.63. The molecule has 0 unspecified atom stereocenters. The second kappa shape index (κ2) is 8.11. The first-order valence-electron chi connectivity index (χ1n) is 9.81. The molecule has 0 atom stereocenters. The Morgan fingerprint density at radius 1 is 0.769 bits per heavy atom. The van der Waals surface area contributed by atoms with Crippen LogP contribution in [0.4, 0.5) is 0 Å². The van der Waals surface area contributed by atoms with E-state index in [-0.39, 0.29) is 17.6 Å². The lowest BCUT2D eigenvalue weighted by Gasteiger charge is -2.28. The molecule has 0 radical (unpaired) electrons. The predicted octanol–water partition coefficient (Wildman–Crippen LogP) is 4.74. The molecule has 0 heterocycles. The van der Waals surface area contributed by atoms with E-state index in [1.807, 2.05) is 0 Å². The van der Waals surface area contributed by atoms with Crippen LogP contribution in [-0.4, -0.2) is 27.3 Å². The Balaban J connectivity index is 2.08. The van der Waals surface area contributed by atoms with E-state index in [9.17, 15) is 24.9 Å². The highest BCUT2D eigenvalue weighted by Gasteiger charge is 2.32. The monoisotopic (exact) mass is 360 g/mol. The molecular formula is C21H28O5. The Labute approximate surface area is 154 Å². The predicted molar refractivity (Wildman–Crippen MR) is 97.8 cm³/mol. The highest BCUT2D eigenvalue weighted by Crippen LogP contribution is 2.45. The van der Waals surface area contributed by atoms with Crippen molar-refractivity contribution < 1.29 is 24.9 Å². The topological polar surface area (TPSA) is 94.8 Å². The molecule has 0 spiro atoms. The average molecular weight is 360 g/mol. The van der Waals surface area contributed by atoms with Crippen molar-refractivity contribution in [2.24, 2.45) is 0 Å². The molecule has 2 saturated carbocycles. The molecule has 2 aliphatic carbocycles. The first-order chi connectivity index (χ1) is 12.5. The van der Waals surface area contributed by atoms with Crippen LogP contribution >= 0.6 is 0 Å². The Kier molecular flexibility index (Phi) is 5.84. The van der Waals surface area contributed by atoms with Crippen molar-refractivity contribution in [3.8, 4) is 5.75 Å². The number of phenolic OH excluding ortho intramolecular Hbond substituents is 1. The van der Waals surface area contributed by atoms with Gasteiger partial charge in [-0.1, -0.05) is 50.7 Å². The molecular weight excluding hydrogens is 332 g/mol. The van der Waals surface area contributed by atoms with E-state index in [4.69, 9.17) is 0 Å². The van der Waals surface area contributed by atoms with Gasteiger partial charge in [-0.3, -0.25) is 9.59 Å². The second-order valence-electron chi connectivity index (χ2n) is 7.83. The molecule has 1 aromatic rings. The molecule has 142 valence electrons. The largest absolute Gasteiger partial charge is 0.507 e. The molecule has 3 N–H and O–H groups in total. The Morgan fingerprint density at radius 3 is 1.50 bits per heavy atom. The summed E-state index contributed by atoms with van der Waals surface area (Å²) in [5.41, 5.74) is 1.81. The zero-order chi connectivity index (χ0) is 18.7. The first kappa shape index (κ1) is 18.7. The van der Waals surface area contributed by atoms with Gasteiger partial charge in [0, 0.05) is 0 Å². The summed E-state index contributed by atoms with van der Waals surface area (Å²) in [4.78, 5) is 23.1. The van der Waals surface area contributed by atoms with E-state index in [2.05, 4.69) is 0 Å². The van der Waals surface area contributed by atoms with Crippen LogP contribution in [0.3, 0.4) is 0 Å². The molecule has 2 aliphatic rings. The van der Waals surface area contributed by atoms with Crippen LogP contribution in [0, 0.1) is 0 Å². The molecule has 3 rings (SSSR count). The number of aromatic hydroxyl groups is 1. The van der Waals surface area contributed by atoms with Crippen molar-refractivity contribution in [3.63, 3.8) is 0 Å². The Hall–Kier alpha value is -2.04. The molecule has 5 heteroatoms. The van der Waals surface area contributed by atoms with Crippen molar-refractivity contribution in [2.45, 2.75) is 82.0 Å². The number of hydrogen-bond donors (Lipinski definition) is 3. The third-order valence-corrected chi connectivity index (χ3v) is 6.11. The quantitative estimate of drug-likeness (QED) is 0.659. The number of carbonyl (C=O) groups is 2. The Bertz CT molecular complexity index is 616. The summed E-state index contributed by atoms with van der Waals surface area (Å²) in [6.45, 7) is 0. The SMILES string of the molecule is O=C(O)C(C(=O)O)c1cc(C2CCCCC2)c(O)c(C2CCCCC2)c1. The number of aliphatic carboxylic acids is 2. The maximum absolute atomic E-state index is 11.6. The molecule has 1 aromatic carbocycles. The summed E-state index contributed by atoms with van der Waals surface area (Å²) < 4.78 is 0. The zero-order valence-electron chi connectivity index (χ0n) is 15.1. The highest BCUT2D eigenvalue weighted by atomic mass is 16.4. The van der Waals surface area contributed by atoms with E-state index in [1.165, 1.54) is 12.8 Å². The summed E-state index contributed by atoms with van der Waals surface area (Å²) in [6.07, 6.45) is 10.6. The molecule has 0 aromatic heterocycles. The van der Waals surface area contributed by atoms with E-state index in [1.54, 1.807) is 12.1 Å². The third kappa shape index (κ3) is 3.87. The summed E-state index contributed by atoms with van der Waals surface area (Å²) in [5, 5.41) is 29.8. The number of phenols is 1. The van der Waals surface area contributed by atoms with Crippen LogP contribution in [0.15, 0.2) is 12.1 Å². The molecule has 0 amide bonds. The van der Waals surface area contributed by atoms with E-state index in [0.717, 1.165) is 62.5 Å². The third-order valence-electron chi connectivity index (χ3n) is 6.11. The first-order valence-corrected chi connectivity index (χ1v) is 9.81. The van der Waals surface area contributed by atoms with E-state index >= 15 is 0 Å². The van der Waals surface area contributed by atoms with Gasteiger partial charge in [-0.15, -0.1) is 0 Å². The fourth-order valence-corrected chi connectivity index (χ4v) is 4.71. The lowest BCUT2D eigenvalue weighted by Crippen LogP contribution is -2.22. The minimum Gasteiger partial charge on any atom is -0.507 e. The van der Waals surface area contributed by atoms with Crippen molar-refractivity contribution in [2.75, 3.05) is 0 Å². The number of carboxylic acid groups (broad SMARTS) is 2. The Morgan fingerprint density at radius 2 is 1.15 bits per heavy atom. The van der Waals surface area contributed by atoms with Crippen LogP contribution in [0.25, 0.3) is 0 Å². The van der Waals surface area contributed by atoms with Crippen molar-refractivity contribution >= 4 is 11.9 Å². The standard InChI is InChI=1S/C21H28O5/c22-19-16(13-7-3-1-4-8-13)11-15(18(20(23)24)21(25)26)12-17(19)14-9-5-2-6-10-14/h11-14,18,22H,1-10H2,(H,23,24)(H,25,26). The fourth-order valence-electron chi connectivity index (χ4n) is 4.71. The molecule has 26 heavy (non-hydrogen) atoms. The smallest absolute Gasteiger partial charge is 0.322 e. The van der Waals surface area contributed by atoms with Crippen molar-refractivity contribution in [3.05, 3.63) is 28.8 Å². The summed E-state index contributed by atoms with van der Waals surface area (Å²) in [7, 11) is 0. The minimum atomic E-state index is -1.58. The van der Waals surface area contributed by atoms with Crippen LogP contribution in [0.5, 0.6) is 5.75 Å². The van der Waals surface area contributed by atoms with Crippen molar-refractivity contribution in [1.29, 1.82) is 0 Å². The van der Waals surface area contributed by atoms with Crippen LogP contribution in [-0.2, 0) is 9.59 Å². The van der Waals surface area contributed by atoms with Crippen LogP contribution in [0.2, 0.25) is 0 Å². The molecule has 2 fully saturated rings. The lowest BCUT2D eigenvalue weighted by atomic mass is 9.77. The average Bonchev–Trinajstić information content (AvgIpc) is 2.64. The summed E-state index contributed by atoms with van der Waals surface area (Å²) >= 11 is 0. The number of benzene rings is 1. The van der Waals surface area contributed by atoms with Gasteiger partial charge in [-0.2, -0.15) is 0 Å². The van der Waals surface area contributed by atoms with Crippen molar-refractivity contribution in [1.82, 2.24) is 0 Å². The zero-order valence-corrected chi connectivity index (χ0v) is 15.1. The van der Waals surface area contributed by atoms with Gasteiger partial charge >= 0.3 is 11.9 Å². The lowest BCUT2D eigenvalue weighted by molar-refractivity contribution is -0.150. The molecule has 5 nitrogen and oxygen atoms in total. The number of hydrogen-bond acceptors (Lipinski definition) is 3. The highest BCUT2D eigenvalue weighted by molar-refractivity contribution is 5.99. The van der Waals surface area contributed by atoms with Gasteiger partial charge in [0.2, 0.25) is 0 Å². The molecule has 0 aliphatic heterocycles. The number of rotatable bonds is 5. The summed E-state index contributed by atoms with van der Waals surface area (Å²) in [6, 6.07) is 3.29. The van der Waals surface area contributed by atoms with Crippen LogP contribution in [0.1, 0.15) is 98.7 Å². The van der Waals surface area contributed by atoms with Gasteiger partial charge in [0.25, 0.3) is 0 Å².